The highest BCUT2D eigenvalue weighted by atomic mass is 35.5. The molecule has 0 aliphatic heterocycles. The summed E-state index contributed by atoms with van der Waals surface area (Å²) in [5, 5.41) is 6.30. The molecule has 0 atom stereocenters. The topological polar surface area (TPSA) is 66.1 Å². The molecule has 0 aliphatic carbocycles. The van der Waals surface area contributed by atoms with E-state index in [1.165, 1.54) is 13.1 Å². The van der Waals surface area contributed by atoms with E-state index in [4.69, 9.17) is 11.6 Å². The maximum atomic E-state index is 13.6. The zero-order valence-corrected chi connectivity index (χ0v) is 13.2. The number of halogens is 2. The van der Waals surface area contributed by atoms with Crippen LogP contribution in [0.15, 0.2) is 29.3 Å². The van der Waals surface area contributed by atoms with Crippen LogP contribution in [0.4, 0.5) is 4.39 Å². The molecule has 21 heavy (non-hydrogen) atoms. The molecule has 0 radical (unpaired) electrons. The Labute approximate surface area is 127 Å². The van der Waals surface area contributed by atoms with Gasteiger partial charge >= 0.3 is 0 Å². The molecule has 2 aromatic rings. The smallest absolute Gasteiger partial charge is 0.262 e. The monoisotopic (exact) mass is 331 g/mol. The van der Waals surface area contributed by atoms with Crippen molar-refractivity contribution in [1.29, 1.82) is 0 Å². The van der Waals surface area contributed by atoms with Gasteiger partial charge in [-0.25, -0.2) is 12.8 Å². The van der Waals surface area contributed by atoms with Crippen LogP contribution in [-0.2, 0) is 22.4 Å². The molecular weight excluding hydrogens is 317 g/mol. The summed E-state index contributed by atoms with van der Waals surface area (Å²) in [6.45, 7) is 1.61. The van der Waals surface area contributed by atoms with Gasteiger partial charge in [-0.05, 0) is 13.0 Å². The summed E-state index contributed by atoms with van der Waals surface area (Å²) in [5.74, 6) is -0.417. The van der Waals surface area contributed by atoms with E-state index in [9.17, 15) is 12.8 Å². The van der Waals surface area contributed by atoms with Crippen molar-refractivity contribution in [1.82, 2.24) is 14.5 Å². The summed E-state index contributed by atoms with van der Waals surface area (Å²) in [7, 11) is -2.46. The summed E-state index contributed by atoms with van der Waals surface area (Å²) in [5.41, 5.74) is 1.32. The number of benzene rings is 1. The number of sulfonamides is 1. The van der Waals surface area contributed by atoms with Crippen molar-refractivity contribution in [3.05, 3.63) is 46.9 Å². The number of aryl methyl sites for hydroxylation is 1. The van der Waals surface area contributed by atoms with E-state index in [-0.39, 0.29) is 17.5 Å². The van der Waals surface area contributed by atoms with Crippen LogP contribution in [0.3, 0.4) is 0 Å². The molecule has 1 N–H and O–H groups in total. The molecule has 0 spiro atoms. The highest BCUT2D eigenvalue weighted by molar-refractivity contribution is 7.89. The molecule has 0 fully saturated rings. The summed E-state index contributed by atoms with van der Waals surface area (Å²) < 4.78 is 39.7. The fourth-order valence-corrected chi connectivity index (χ4v) is 3.61. The first-order chi connectivity index (χ1) is 9.87. The second-order valence-electron chi connectivity index (χ2n) is 4.62. The molecule has 2 rings (SSSR count). The van der Waals surface area contributed by atoms with Crippen LogP contribution in [0.5, 0.6) is 0 Å². The highest BCUT2D eigenvalue weighted by Crippen LogP contribution is 2.22. The van der Waals surface area contributed by atoms with Crippen molar-refractivity contribution < 1.29 is 12.8 Å². The van der Waals surface area contributed by atoms with Gasteiger partial charge in [-0.1, -0.05) is 18.2 Å². The summed E-state index contributed by atoms with van der Waals surface area (Å²) in [4.78, 5) is 0. The fraction of sp³-hybridized carbons (Fsp3) is 0.308. The number of hydrogen-bond acceptors (Lipinski definition) is 3. The highest BCUT2D eigenvalue weighted by Gasteiger charge is 2.28. The number of nitrogens with zero attached hydrogens (tertiary/aromatic N) is 2. The molecular formula is C13H15ClFN3O2S. The number of hydrogen-bond donors (Lipinski definition) is 1. The lowest BCUT2D eigenvalue weighted by atomic mass is 10.2. The van der Waals surface area contributed by atoms with Crippen molar-refractivity contribution in [2.45, 2.75) is 24.4 Å². The van der Waals surface area contributed by atoms with Gasteiger partial charge in [-0.3, -0.25) is 5.10 Å². The van der Waals surface area contributed by atoms with Gasteiger partial charge in [0.15, 0.2) is 5.03 Å². The quantitative estimate of drug-likeness (QED) is 0.856. The van der Waals surface area contributed by atoms with E-state index in [1.807, 2.05) is 0 Å². The van der Waals surface area contributed by atoms with Crippen LogP contribution >= 0.6 is 11.6 Å². The molecule has 1 aromatic carbocycles. The van der Waals surface area contributed by atoms with E-state index in [2.05, 4.69) is 10.2 Å². The predicted molar refractivity (Wildman–Crippen MR) is 77.9 cm³/mol. The third-order valence-corrected chi connectivity index (χ3v) is 5.22. The van der Waals surface area contributed by atoms with Gasteiger partial charge in [0, 0.05) is 30.4 Å². The molecule has 5 nitrogen and oxygen atoms in total. The van der Waals surface area contributed by atoms with Crippen molar-refractivity contribution in [3.8, 4) is 0 Å². The lowest BCUT2D eigenvalue weighted by molar-refractivity contribution is 0.453. The number of alkyl halides is 1. The first-order valence-electron chi connectivity index (χ1n) is 6.17. The minimum Gasteiger partial charge on any atom is -0.281 e. The number of aromatic nitrogens is 2. The Kier molecular flexibility index (Phi) is 4.65. The van der Waals surface area contributed by atoms with Crippen LogP contribution in [-0.4, -0.2) is 30.0 Å². The minimum absolute atomic E-state index is 0.0322. The van der Waals surface area contributed by atoms with Gasteiger partial charge in [-0.2, -0.15) is 9.40 Å². The van der Waals surface area contributed by atoms with Crippen molar-refractivity contribution in [2.24, 2.45) is 0 Å². The Morgan fingerprint density at radius 2 is 2.05 bits per heavy atom. The Balaban J connectivity index is 2.33. The third-order valence-electron chi connectivity index (χ3n) is 3.18. The molecule has 0 saturated heterocycles. The van der Waals surface area contributed by atoms with Crippen LogP contribution in [0.25, 0.3) is 0 Å². The van der Waals surface area contributed by atoms with Crippen LogP contribution in [0.1, 0.15) is 16.8 Å². The number of H-pyrrole nitrogens is 1. The molecule has 0 saturated carbocycles. The summed E-state index contributed by atoms with van der Waals surface area (Å²) in [6.07, 6.45) is 0. The molecule has 1 aromatic heterocycles. The first-order valence-corrected chi connectivity index (χ1v) is 8.15. The van der Waals surface area contributed by atoms with Crippen molar-refractivity contribution in [3.63, 3.8) is 0 Å². The largest absolute Gasteiger partial charge is 0.281 e. The predicted octanol–water partition coefficient (Wildman–Crippen LogP) is 2.42. The van der Waals surface area contributed by atoms with Gasteiger partial charge in [0.05, 0.1) is 5.88 Å². The Hall–Kier alpha value is -1.44. The van der Waals surface area contributed by atoms with Crippen LogP contribution in [0, 0.1) is 12.7 Å². The van der Waals surface area contributed by atoms with E-state index in [0.717, 1.165) is 4.31 Å². The number of aromatic amines is 1. The minimum atomic E-state index is -3.84. The zero-order valence-electron chi connectivity index (χ0n) is 11.6. The maximum Gasteiger partial charge on any atom is 0.262 e. The Morgan fingerprint density at radius 1 is 1.38 bits per heavy atom. The molecule has 0 amide bonds. The van der Waals surface area contributed by atoms with Gasteiger partial charge < -0.3 is 0 Å². The van der Waals surface area contributed by atoms with E-state index in [0.29, 0.717) is 16.8 Å². The van der Waals surface area contributed by atoms with E-state index in [1.54, 1.807) is 25.1 Å². The van der Waals surface area contributed by atoms with Crippen LogP contribution < -0.4 is 0 Å². The van der Waals surface area contributed by atoms with E-state index < -0.39 is 15.8 Å². The standard InChI is InChI=1S/C13H15ClFN3O2S/c1-9-11(7-14)13(17-16-9)21(19,20)18(2)8-10-5-3-4-6-12(10)15/h3-6H,7-8H2,1-2H3,(H,16,17). The average molecular weight is 332 g/mol. The molecule has 0 bridgehead atoms. The van der Waals surface area contributed by atoms with Gasteiger partial charge in [0.2, 0.25) is 0 Å². The zero-order chi connectivity index (χ0) is 15.6. The van der Waals surface area contributed by atoms with Crippen LogP contribution in [0.2, 0.25) is 0 Å². The maximum absolute atomic E-state index is 13.6. The Bertz CT molecular complexity index is 746. The van der Waals surface area contributed by atoms with Gasteiger partial charge in [0.25, 0.3) is 10.0 Å². The number of rotatable bonds is 5. The molecule has 0 unspecified atom stereocenters. The third kappa shape index (κ3) is 3.09. The average Bonchev–Trinajstić information content (AvgIpc) is 2.82. The molecule has 0 aliphatic rings. The summed E-state index contributed by atoms with van der Waals surface area (Å²) in [6, 6.07) is 6.04. The first kappa shape index (κ1) is 15.9. The van der Waals surface area contributed by atoms with Gasteiger partial charge in [-0.15, -0.1) is 11.6 Å². The summed E-state index contributed by atoms with van der Waals surface area (Å²) >= 11 is 5.77. The second-order valence-corrected chi connectivity index (χ2v) is 6.85. The fourth-order valence-electron chi connectivity index (χ4n) is 1.90. The van der Waals surface area contributed by atoms with Crippen molar-refractivity contribution >= 4 is 21.6 Å². The second kappa shape index (κ2) is 6.13. The molecule has 114 valence electrons. The van der Waals surface area contributed by atoms with Gasteiger partial charge in [0.1, 0.15) is 5.82 Å². The van der Waals surface area contributed by atoms with E-state index >= 15 is 0 Å². The Morgan fingerprint density at radius 3 is 2.67 bits per heavy atom. The van der Waals surface area contributed by atoms with Crippen molar-refractivity contribution in [2.75, 3.05) is 7.05 Å². The molecule has 1 heterocycles. The lowest BCUT2D eigenvalue weighted by Crippen LogP contribution is -2.28. The SMILES string of the molecule is Cc1[nH]nc(S(=O)(=O)N(C)Cc2ccccc2F)c1CCl. The number of nitrogens with one attached hydrogen (secondary N) is 1. The molecule has 8 heteroatoms. The normalized spacial score (nSPS) is 12.0. The lowest BCUT2D eigenvalue weighted by Gasteiger charge is -2.16.